The zero-order valence-corrected chi connectivity index (χ0v) is 15.9. The van der Waals surface area contributed by atoms with Crippen molar-refractivity contribution in [2.75, 3.05) is 26.2 Å². The highest BCUT2D eigenvalue weighted by atomic mass is 19.3. The molecule has 0 spiro atoms. The van der Waals surface area contributed by atoms with E-state index in [-0.39, 0.29) is 11.5 Å². The van der Waals surface area contributed by atoms with Gasteiger partial charge in [-0.3, -0.25) is 9.69 Å². The lowest BCUT2D eigenvalue weighted by atomic mass is 10.1. The summed E-state index contributed by atoms with van der Waals surface area (Å²) in [4.78, 5) is 16.8. The van der Waals surface area contributed by atoms with Crippen molar-refractivity contribution in [1.29, 1.82) is 0 Å². The third-order valence-electron chi connectivity index (χ3n) is 4.86. The Labute approximate surface area is 164 Å². The molecule has 1 aliphatic heterocycles. The third kappa shape index (κ3) is 5.63. The van der Waals surface area contributed by atoms with Crippen molar-refractivity contribution in [2.45, 2.75) is 20.1 Å². The minimum Gasteiger partial charge on any atom is -0.435 e. The van der Waals surface area contributed by atoms with E-state index in [4.69, 9.17) is 0 Å². The molecule has 1 heterocycles. The van der Waals surface area contributed by atoms with Crippen LogP contribution in [0.25, 0.3) is 0 Å². The highest BCUT2D eigenvalue weighted by Crippen LogP contribution is 2.16. The molecule has 0 aliphatic carbocycles. The molecule has 0 atom stereocenters. The van der Waals surface area contributed by atoms with E-state index in [1.165, 1.54) is 41.5 Å². The number of hydrogen-bond acceptors (Lipinski definition) is 4. The average molecular weight is 386 g/mol. The van der Waals surface area contributed by atoms with Crippen LogP contribution in [0.4, 0.5) is 8.78 Å². The molecule has 0 bridgehead atoms. The van der Waals surface area contributed by atoms with Gasteiger partial charge in [0.1, 0.15) is 5.75 Å². The van der Waals surface area contributed by atoms with Gasteiger partial charge in [0.05, 0.1) is 0 Å². The van der Waals surface area contributed by atoms with Gasteiger partial charge in [0.15, 0.2) is 5.78 Å². The molecule has 1 fully saturated rings. The lowest BCUT2D eigenvalue weighted by Crippen LogP contribution is -2.43. The summed E-state index contributed by atoms with van der Waals surface area (Å²) >= 11 is 0. The van der Waals surface area contributed by atoms with Crippen molar-refractivity contribution < 1.29 is 18.3 Å². The second-order valence-electron chi connectivity index (χ2n) is 6.82. The molecule has 4 nitrogen and oxygen atoms in total. The number of alkyl halides is 2. The highest BCUT2D eigenvalue weighted by Gasteiger charge is 2.15. The Balaban J connectivity index is 1.48. The lowest BCUT2D eigenvalue weighted by Gasteiger charge is -2.34. The fourth-order valence-electron chi connectivity index (χ4n) is 3.17. The number of benzene rings is 2. The minimum absolute atomic E-state index is 0.0419. The van der Waals surface area contributed by atoms with Crippen molar-refractivity contribution in [1.82, 2.24) is 9.80 Å². The van der Waals surface area contributed by atoms with Crippen LogP contribution in [-0.2, 0) is 6.54 Å². The third-order valence-corrected chi connectivity index (χ3v) is 4.86. The summed E-state index contributed by atoms with van der Waals surface area (Å²) < 4.78 is 28.6. The standard InChI is InChI=1S/C22H24F2N2O2/c1-17-4-2-3-5-19(17)16-26-14-12-25(13-15-26)11-10-21(27)18-6-8-20(9-7-18)28-22(23)24/h2-11,22H,12-16H2,1H3/b11-10+. The zero-order valence-electron chi connectivity index (χ0n) is 15.9. The van der Waals surface area contributed by atoms with Gasteiger partial charge in [0.25, 0.3) is 0 Å². The van der Waals surface area contributed by atoms with Crippen LogP contribution >= 0.6 is 0 Å². The number of aryl methyl sites for hydroxylation is 1. The number of hydrogen-bond donors (Lipinski definition) is 0. The predicted octanol–water partition coefficient (Wildman–Crippen LogP) is 4.11. The van der Waals surface area contributed by atoms with E-state index in [1.54, 1.807) is 0 Å². The van der Waals surface area contributed by atoms with Crippen LogP contribution in [0.5, 0.6) is 5.75 Å². The van der Waals surface area contributed by atoms with E-state index in [1.807, 2.05) is 6.20 Å². The maximum atomic E-state index is 12.3. The SMILES string of the molecule is Cc1ccccc1CN1CCN(/C=C/C(=O)c2ccc(OC(F)F)cc2)CC1. The van der Waals surface area contributed by atoms with Crippen LogP contribution in [0.1, 0.15) is 21.5 Å². The second-order valence-corrected chi connectivity index (χ2v) is 6.82. The Morgan fingerprint density at radius 2 is 1.75 bits per heavy atom. The summed E-state index contributed by atoms with van der Waals surface area (Å²) in [6.07, 6.45) is 3.34. The first-order chi connectivity index (χ1) is 13.5. The van der Waals surface area contributed by atoms with E-state index in [0.29, 0.717) is 5.56 Å². The molecule has 148 valence electrons. The second kappa shape index (κ2) is 9.46. The molecule has 1 aliphatic rings. The molecule has 0 aromatic heterocycles. The van der Waals surface area contributed by atoms with Gasteiger partial charge in [-0.15, -0.1) is 0 Å². The Kier molecular flexibility index (Phi) is 6.76. The molecule has 0 saturated carbocycles. The van der Waals surface area contributed by atoms with E-state index < -0.39 is 6.61 Å². The molecule has 0 N–H and O–H groups in total. The van der Waals surface area contributed by atoms with Gasteiger partial charge in [0, 0.05) is 50.6 Å². The lowest BCUT2D eigenvalue weighted by molar-refractivity contribution is -0.0498. The molecular weight excluding hydrogens is 362 g/mol. The molecule has 0 radical (unpaired) electrons. The fraction of sp³-hybridized carbons (Fsp3) is 0.318. The van der Waals surface area contributed by atoms with Crippen molar-refractivity contribution in [3.63, 3.8) is 0 Å². The van der Waals surface area contributed by atoms with Crippen LogP contribution in [0, 0.1) is 6.92 Å². The van der Waals surface area contributed by atoms with Crippen LogP contribution in [-0.4, -0.2) is 48.4 Å². The largest absolute Gasteiger partial charge is 0.435 e. The van der Waals surface area contributed by atoms with Crippen LogP contribution < -0.4 is 4.74 Å². The Hall–Kier alpha value is -2.73. The molecule has 2 aromatic carbocycles. The molecule has 1 saturated heterocycles. The number of nitrogens with zero attached hydrogens (tertiary/aromatic N) is 2. The van der Waals surface area contributed by atoms with Gasteiger partial charge in [-0.05, 0) is 42.3 Å². The van der Waals surface area contributed by atoms with E-state index in [0.717, 1.165) is 32.7 Å². The summed E-state index contributed by atoms with van der Waals surface area (Å²) in [6, 6.07) is 14.1. The molecule has 28 heavy (non-hydrogen) atoms. The number of allylic oxidation sites excluding steroid dienone is 1. The first-order valence-corrected chi connectivity index (χ1v) is 9.29. The quantitative estimate of drug-likeness (QED) is 0.530. The Morgan fingerprint density at radius 3 is 2.39 bits per heavy atom. The number of ketones is 1. The van der Waals surface area contributed by atoms with Gasteiger partial charge >= 0.3 is 6.61 Å². The molecular formula is C22H24F2N2O2. The van der Waals surface area contributed by atoms with Crippen molar-refractivity contribution in [3.05, 3.63) is 77.5 Å². The van der Waals surface area contributed by atoms with Crippen LogP contribution in [0.15, 0.2) is 60.8 Å². The monoisotopic (exact) mass is 386 g/mol. The zero-order chi connectivity index (χ0) is 19.9. The summed E-state index contributed by atoms with van der Waals surface area (Å²) in [6.45, 7) is 3.79. The molecule has 2 aromatic rings. The number of halogens is 2. The molecule has 0 unspecified atom stereocenters. The fourth-order valence-corrected chi connectivity index (χ4v) is 3.17. The van der Waals surface area contributed by atoms with E-state index in [2.05, 4.69) is 45.7 Å². The van der Waals surface area contributed by atoms with Gasteiger partial charge in [-0.2, -0.15) is 8.78 Å². The van der Waals surface area contributed by atoms with E-state index in [9.17, 15) is 13.6 Å². The summed E-state index contributed by atoms with van der Waals surface area (Å²) in [5, 5.41) is 0. The summed E-state index contributed by atoms with van der Waals surface area (Å²) in [7, 11) is 0. The van der Waals surface area contributed by atoms with Gasteiger partial charge in [-0.1, -0.05) is 24.3 Å². The number of ether oxygens (including phenoxy) is 1. The van der Waals surface area contributed by atoms with Crippen molar-refractivity contribution in [2.24, 2.45) is 0 Å². The smallest absolute Gasteiger partial charge is 0.387 e. The number of piperazine rings is 1. The maximum absolute atomic E-state index is 12.3. The summed E-state index contributed by atoms with van der Waals surface area (Å²) in [5.41, 5.74) is 3.09. The maximum Gasteiger partial charge on any atom is 0.387 e. The summed E-state index contributed by atoms with van der Waals surface area (Å²) in [5.74, 6) is -0.119. The van der Waals surface area contributed by atoms with Crippen LogP contribution in [0.2, 0.25) is 0 Å². The molecule has 0 amide bonds. The van der Waals surface area contributed by atoms with Gasteiger partial charge in [0.2, 0.25) is 0 Å². The Morgan fingerprint density at radius 1 is 1.07 bits per heavy atom. The van der Waals surface area contributed by atoms with E-state index >= 15 is 0 Å². The minimum atomic E-state index is -2.87. The first-order valence-electron chi connectivity index (χ1n) is 9.29. The molecule has 3 rings (SSSR count). The topological polar surface area (TPSA) is 32.8 Å². The highest BCUT2D eigenvalue weighted by molar-refractivity contribution is 6.04. The predicted molar refractivity (Wildman–Crippen MR) is 105 cm³/mol. The number of carbonyl (C=O) groups excluding carboxylic acids is 1. The van der Waals surface area contributed by atoms with Gasteiger partial charge in [-0.25, -0.2) is 0 Å². The Bertz CT molecular complexity index is 814. The first kappa shape index (κ1) is 20.0. The molecule has 6 heteroatoms. The van der Waals surface area contributed by atoms with Gasteiger partial charge < -0.3 is 9.64 Å². The van der Waals surface area contributed by atoms with Crippen molar-refractivity contribution in [3.8, 4) is 5.75 Å². The number of carbonyl (C=O) groups is 1. The normalized spacial score (nSPS) is 15.4. The number of rotatable bonds is 7. The van der Waals surface area contributed by atoms with Crippen LogP contribution in [0.3, 0.4) is 0 Å². The average Bonchev–Trinajstić information content (AvgIpc) is 2.69. The van der Waals surface area contributed by atoms with Crippen molar-refractivity contribution >= 4 is 5.78 Å².